The lowest BCUT2D eigenvalue weighted by molar-refractivity contribution is -0.119. The van der Waals surface area contributed by atoms with Gasteiger partial charge in [0.2, 0.25) is 5.91 Å². The highest BCUT2D eigenvalue weighted by Gasteiger charge is 2.25. The van der Waals surface area contributed by atoms with Crippen LogP contribution < -0.4 is 10.6 Å². The molecule has 0 spiro atoms. The number of anilines is 1. The van der Waals surface area contributed by atoms with Crippen molar-refractivity contribution in [1.82, 2.24) is 10.2 Å². The predicted molar refractivity (Wildman–Crippen MR) is 78.7 cm³/mol. The van der Waals surface area contributed by atoms with Crippen molar-refractivity contribution in [1.29, 1.82) is 0 Å². The summed E-state index contributed by atoms with van der Waals surface area (Å²) in [6.45, 7) is 2.47. The van der Waals surface area contributed by atoms with E-state index in [-0.39, 0.29) is 23.5 Å². The Morgan fingerprint density at radius 3 is 2.86 bits per heavy atom. The molecule has 1 fully saturated rings. The van der Waals surface area contributed by atoms with Gasteiger partial charge in [-0.25, -0.2) is 9.59 Å². The van der Waals surface area contributed by atoms with Gasteiger partial charge in [0.25, 0.3) is 0 Å². The van der Waals surface area contributed by atoms with E-state index in [0.29, 0.717) is 18.1 Å². The van der Waals surface area contributed by atoms with Gasteiger partial charge in [0.15, 0.2) is 0 Å². The van der Waals surface area contributed by atoms with Crippen molar-refractivity contribution < 1.29 is 19.5 Å². The van der Waals surface area contributed by atoms with Crippen molar-refractivity contribution >= 4 is 34.2 Å². The number of likely N-dealkylation sites (tertiary alicyclic amines) is 1. The third-order valence-electron chi connectivity index (χ3n) is 3.23. The molecule has 3 N–H and O–H groups in total. The van der Waals surface area contributed by atoms with E-state index in [1.54, 1.807) is 10.3 Å². The fourth-order valence-electron chi connectivity index (χ4n) is 2.32. The summed E-state index contributed by atoms with van der Waals surface area (Å²) >= 11 is 1.17. The van der Waals surface area contributed by atoms with E-state index in [0.717, 1.165) is 12.8 Å². The molecular weight excluding hydrogens is 294 g/mol. The minimum atomic E-state index is -1.07. The molecule has 3 amide bonds. The molecule has 1 aromatic rings. The van der Waals surface area contributed by atoms with Crippen molar-refractivity contribution in [2.75, 3.05) is 18.4 Å². The van der Waals surface area contributed by atoms with Crippen LogP contribution in [-0.4, -0.2) is 47.0 Å². The van der Waals surface area contributed by atoms with Gasteiger partial charge in [-0.1, -0.05) is 0 Å². The van der Waals surface area contributed by atoms with Gasteiger partial charge in [0, 0.05) is 26.1 Å². The second-order valence-corrected chi connectivity index (χ2v) is 5.80. The molecule has 2 rings (SSSR count). The van der Waals surface area contributed by atoms with E-state index in [4.69, 9.17) is 5.11 Å². The Labute approximate surface area is 125 Å². The lowest BCUT2D eigenvalue weighted by atomic mass is 10.1. The topological polar surface area (TPSA) is 98.7 Å². The zero-order valence-electron chi connectivity index (χ0n) is 11.6. The van der Waals surface area contributed by atoms with Crippen LogP contribution in [0, 0.1) is 0 Å². The maximum atomic E-state index is 12.2. The number of carboxylic acid groups (broad SMARTS) is 1. The number of nitrogens with zero attached hydrogens (tertiary/aromatic N) is 1. The number of amides is 3. The van der Waals surface area contributed by atoms with Gasteiger partial charge in [-0.3, -0.25) is 10.1 Å². The van der Waals surface area contributed by atoms with Crippen LogP contribution in [0.2, 0.25) is 0 Å². The molecule has 7 nitrogen and oxygen atoms in total. The van der Waals surface area contributed by atoms with E-state index in [1.807, 2.05) is 0 Å². The third-order valence-corrected chi connectivity index (χ3v) is 4.06. The summed E-state index contributed by atoms with van der Waals surface area (Å²) in [4.78, 5) is 35.9. The molecule has 8 heteroatoms. The van der Waals surface area contributed by atoms with Gasteiger partial charge in [-0.2, -0.15) is 0 Å². The van der Waals surface area contributed by atoms with Gasteiger partial charge in [-0.05, 0) is 24.3 Å². The second kappa shape index (κ2) is 6.57. The molecule has 0 saturated carbocycles. The zero-order chi connectivity index (χ0) is 15.4. The predicted octanol–water partition coefficient (Wildman–Crippen LogP) is 1.58. The minimum Gasteiger partial charge on any atom is -0.478 e. The van der Waals surface area contributed by atoms with Crippen LogP contribution in [0.15, 0.2) is 11.4 Å². The maximum absolute atomic E-state index is 12.2. The summed E-state index contributed by atoms with van der Waals surface area (Å²) < 4.78 is 0. The van der Waals surface area contributed by atoms with Crippen LogP contribution >= 0.6 is 11.3 Å². The van der Waals surface area contributed by atoms with Gasteiger partial charge in [0.05, 0.1) is 5.56 Å². The molecule has 1 atom stereocenters. The van der Waals surface area contributed by atoms with Crippen LogP contribution in [0.1, 0.15) is 30.1 Å². The summed E-state index contributed by atoms with van der Waals surface area (Å²) in [5.74, 6) is -1.19. The molecule has 0 aromatic carbocycles. The van der Waals surface area contributed by atoms with Crippen LogP contribution in [0.25, 0.3) is 0 Å². The highest BCUT2D eigenvalue weighted by Crippen LogP contribution is 2.24. The van der Waals surface area contributed by atoms with E-state index in [1.165, 1.54) is 24.3 Å². The molecule has 1 saturated heterocycles. The fourth-order valence-corrected chi connectivity index (χ4v) is 3.09. The molecule has 0 radical (unpaired) electrons. The fraction of sp³-hybridized carbons (Fsp3) is 0.462. The van der Waals surface area contributed by atoms with E-state index < -0.39 is 5.97 Å². The van der Waals surface area contributed by atoms with Gasteiger partial charge < -0.3 is 15.3 Å². The lowest BCUT2D eigenvalue weighted by Gasteiger charge is -2.32. The lowest BCUT2D eigenvalue weighted by Crippen LogP contribution is -2.50. The Hall–Kier alpha value is -2.09. The largest absolute Gasteiger partial charge is 0.478 e. The van der Waals surface area contributed by atoms with E-state index in [9.17, 15) is 14.4 Å². The number of aromatic carboxylic acids is 1. The number of carbonyl (C=O) groups excluding carboxylic acids is 2. The molecular formula is C13H17N3O4S. The third kappa shape index (κ3) is 3.94. The number of piperidine rings is 1. The Bertz CT molecular complexity index is 557. The Morgan fingerprint density at radius 1 is 1.43 bits per heavy atom. The summed E-state index contributed by atoms with van der Waals surface area (Å²) in [5, 5.41) is 16.4. The number of carboxylic acids is 1. The second-order valence-electron chi connectivity index (χ2n) is 4.88. The van der Waals surface area contributed by atoms with Crippen molar-refractivity contribution in [3.05, 3.63) is 17.0 Å². The van der Waals surface area contributed by atoms with Gasteiger partial charge in [0.1, 0.15) is 5.00 Å². The average Bonchev–Trinajstić information content (AvgIpc) is 2.86. The smallest absolute Gasteiger partial charge is 0.338 e. The Kier molecular flexibility index (Phi) is 4.79. The number of carbonyl (C=O) groups is 3. The average molecular weight is 311 g/mol. The molecule has 2 heterocycles. The first-order valence-corrected chi connectivity index (χ1v) is 7.49. The molecule has 1 aromatic heterocycles. The van der Waals surface area contributed by atoms with Crippen molar-refractivity contribution in [3.63, 3.8) is 0 Å². The highest BCUT2D eigenvalue weighted by molar-refractivity contribution is 7.14. The molecule has 1 aliphatic heterocycles. The van der Waals surface area contributed by atoms with E-state index >= 15 is 0 Å². The molecule has 1 unspecified atom stereocenters. The number of rotatable bonds is 3. The number of thiophene rings is 1. The van der Waals surface area contributed by atoms with Crippen LogP contribution in [0.3, 0.4) is 0 Å². The molecule has 1 aliphatic rings. The zero-order valence-corrected chi connectivity index (χ0v) is 12.4. The quantitative estimate of drug-likeness (QED) is 0.789. The van der Waals surface area contributed by atoms with Crippen molar-refractivity contribution in [3.8, 4) is 0 Å². The van der Waals surface area contributed by atoms with Gasteiger partial charge >= 0.3 is 12.0 Å². The number of hydrogen-bond acceptors (Lipinski definition) is 4. The first kappa shape index (κ1) is 15.3. The first-order valence-electron chi connectivity index (χ1n) is 6.61. The Balaban J connectivity index is 1.98. The number of hydrogen-bond donors (Lipinski definition) is 3. The standard InChI is InChI=1S/C13H17N3O4S/c1-8(17)14-9-3-2-5-16(7-9)13(20)15-11-10(12(18)19)4-6-21-11/h4,6,9H,2-3,5,7H2,1H3,(H,14,17)(H,15,20)(H,18,19). The summed E-state index contributed by atoms with van der Waals surface area (Å²) in [5.41, 5.74) is 0.0868. The van der Waals surface area contributed by atoms with Gasteiger partial charge in [-0.15, -0.1) is 11.3 Å². The number of nitrogens with one attached hydrogen (secondary N) is 2. The normalized spacial score (nSPS) is 18.1. The van der Waals surface area contributed by atoms with Crippen LogP contribution in [-0.2, 0) is 4.79 Å². The van der Waals surface area contributed by atoms with Crippen LogP contribution in [0.4, 0.5) is 9.80 Å². The summed E-state index contributed by atoms with van der Waals surface area (Å²) in [6.07, 6.45) is 1.64. The van der Waals surface area contributed by atoms with Crippen molar-refractivity contribution in [2.24, 2.45) is 0 Å². The summed E-state index contributed by atoms with van der Waals surface area (Å²) in [6, 6.07) is 1.07. The first-order chi connectivity index (χ1) is 9.97. The van der Waals surface area contributed by atoms with Crippen molar-refractivity contribution in [2.45, 2.75) is 25.8 Å². The SMILES string of the molecule is CC(=O)NC1CCCN(C(=O)Nc2sccc2C(=O)O)C1. The maximum Gasteiger partial charge on any atom is 0.338 e. The number of urea groups is 1. The minimum absolute atomic E-state index is 0.0516. The molecule has 0 aliphatic carbocycles. The Morgan fingerprint density at radius 2 is 2.19 bits per heavy atom. The highest BCUT2D eigenvalue weighted by atomic mass is 32.1. The monoisotopic (exact) mass is 311 g/mol. The van der Waals surface area contributed by atoms with Crippen LogP contribution in [0.5, 0.6) is 0 Å². The summed E-state index contributed by atoms with van der Waals surface area (Å²) in [7, 11) is 0. The molecule has 0 bridgehead atoms. The van der Waals surface area contributed by atoms with E-state index in [2.05, 4.69) is 10.6 Å². The molecule has 114 valence electrons. The molecule has 21 heavy (non-hydrogen) atoms.